The van der Waals surface area contributed by atoms with E-state index in [1.807, 2.05) is 60.7 Å². The Labute approximate surface area is 822 Å². The maximum absolute atomic E-state index is 5.33. The fraction of sp³-hybridized carbons (Fsp3) is 0.0687. The van der Waals surface area contributed by atoms with E-state index in [2.05, 4.69) is 450 Å². The van der Waals surface area contributed by atoms with E-state index in [4.69, 9.17) is 39.9 Å². The normalized spacial score (nSPS) is 13.2. The molecule has 25 aromatic rings. The SMILES string of the molecule is CC1(C)c2ccccc2-c2cc3c(cc21)c1ccccc1n3-c1cccc(-c2nc(-c3ccccc3)nc(-c3ccc(-c4ccccc4)cc3)n2)c1.CC1(C)c2ccccc2-c2cc3c(cc21)c1ccccc1n3-c1nc(-c2ccc(-c3ccccc3)cc2)c2ccccc2n1.CC1(C)c2ccccc2-c2cc3c(cc21)c1ccccc1n3-c1nc(-c2ccccc2)nc(-c2cccc(-c3ccccc3)c2)n1. The molecule has 0 bridgehead atoms. The van der Waals surface area contributed by atoms with Crippen LogP contribution in [-0.4, -0.2) is 53.6 Å². The van der Waals surface area contributed by atoms with E-state index >= 15 is 0 Å². The molecule has 0 aliphatic heterocycles. The van der Waals surface area contributed by atoms with Gasteiger partial charge in [-0.1, -0.05) is 418 Å². The number of para-hydroxylation sites is 4. The summed E-state index contributed by atoms with van der Waals surface area (Å²) in [5.41, 5.74) is 38.2. The zero-order valence-electron chi connectivity index (χ0n) is 79.2. The third-order valence-corrected chi connectivity index (χ3v) is 29.5. The van der Waals surface area contributed by atoms with Crippen LogP contribution in [0.3, 0.4) is 0 Å². The van der Waals surface area contributed by atoms with Crippen molar-refractivity contribution in [2.45, 2.75) is 57.8 Å². The summed E-state index contributed by atoms with van der Waals surface area (Å²) >= 11 is 0. The molecule has 6 heterocycles. The van der Waals surface area contributed by atoms with Crippen LogP contribution in [0.1, 0.15) is 74.9 Å². The van der Waals surface area contributed by atoms with Gasteiger partial charge >= 0.3 is 0 Å². The Morgan fingerprint density at radius 3 is 0.894 bits per heavy atom. The van der Waals surface area contributed by atoms with Crippen LogP contribution in [0.15, 0.2) is 455 Å². The highest BCUT2D eigenvalue weighted by atomic mass is 15.2. The van der Waals surface area contributed by atoms with Crippen LogP contribution in [0.25, 0.3) is 229 Å². The molecule has 0 spiro atoms. The Bertz CT molecular complexity index is 9340. The van der Waals surface area contributed by atoms with E-state index in [1.165, 1.54) is 127 Å². The molecule has 0 atom stereocenters. The lowest BCUT2D eigenvalue weighted by molar-refractivity contribution is 0.661. The maximum Gasteiger partial charge on any atom is 0.238 e. The fourth-order valence-corrected chi connectivity index (χ4v) is 22.4. The first kappa shape index (κ1) is 84.4. The fourth-order valence-electron chi connectivity index (χ4n) is 22.4. The minimum Gasteiger partial charge on any atom is -0.309 e. The molecule has 0 saturated carbocycles. The molecule has 0 saturated heterocycles. The summed E-state index contributed by atoms with van der Waals surface area (Å²) in [5, 5.41) is 8.36. The minimum absolute atomic E-state index is 0.0676. The van der Waals surface area contributed by atoms with Crippen molar-refractivity contribution in [2.75, 3.05) is 0 Å². The summed E-state index contributed by atoms with van der Waals surface area (Å²) in [6.45, 7) is 14.0. The summed E-state index contributed by atoms with van der Waals surface area (Å²) in [7, 11) is 0. The first-order valence-electron chi connectivity index (χ1n) is 48.7. The van der Waals surface area contributed by atoms with Gasteiger partial charge in [0.2, 0.25) is 11.9 Å². The highest BCUT2D eigenvalue weighted by Gasteiger charge is 2.40. The van der Waals surface area contributed by atoms with Gasteiger partial charge in [0.25, 0.3) is 0 Å². The first-order valence-corrected chi connectivity index (χ1v) is 48.7. The van der Waals surface area contributed by atoms with Crippen molar-refractivity contribution in [3.8, 4) is 153 Å². The predicted octanol–water partition coefficient (Wildman–Crippen LogP) is 32.6. The van der Waals surface area contributed by atoms with Crippen molar-refractivity contribution in [1.29, 1.82) is 0 Å². The van der Waals surface area contributed by atoms with Crippen molar-refractivity contribution in [3.63, 3.8) is 0 Å². The van der Waals surface area contributed by atoms with Gasteiger partial charge in [0, 0.05) is 93.0 Å². The number of fused-ring (bicyclic) bond motifs is 19. The Balaban J connectivity index is 0.000000110. The van der Waals surface area contributed by atoms with Gasteiger partial charge in [0.1, 0.15) is 0 Å². The monoisotopic (exact) mass is 1820 g/mol. The molecule has 142 heavy (non-hydrogen) atoms. The number of nitrogens with zero attached hydrogens (tertiary/aromatic N) is 11. The molecular weight excluding hydrogens is 1730 g/mol. The van der Waals surface area contributed by atoms with Crippen LogP contribution in [0.5, 0.6) is 0 Å². The summed E-state index contributed by atoms with van der Waals surface area (Å²) in [4.78, 5) is 41.1. The molecule has 0 amide bonds. The van der Waals surface area contributed by atoms with Gasteiger partial charge in [-0.3, -0.25) is 9.13 Å². The Hall–Kier alpha value is -18.1. The second-order valence-corrected chi connectivity index (χ2v) is 38.9. The number of rotatable bonds is 12. The first-order chi connectivity index (χ1) is 69.7. The van der Waals surface area contributed by atoms with E-state index in [0.717, 1.165) is 94.4 Å². The minimum atomic E-state index is -0.0894. The molecule has 6 aromatic heterocycles. The van der Waals surface area contributed by atoms with Crippen molar-refractivity contribution >= 4 is 76.3 Å². The molecule has 0 N–H and O–H groups in total. The van der Waals surface area contributed by atoms with E-state index < -0.39 is 0 Å². The third kappa shape index (κ3) is 14.2. The van der Waals surface area contributed by atoms with Crippen molar-refractivity contribution < 1.29 is 0 Å². The van der Waals surface area contributed by atoms with Gasteiger partial charge in [-0.05, 0) is 179 Å². The smallest absolute Gasteiger partial charge is 0.238 e. The number of aromatic nitrogens is 11. The Morgan fingerprint density at radius 1 is 0.162 bits per heavy atom. The molecule has 11 nitrogen and oxygen atoms in total. The lowest BCUT2D eigenvalue weighted by Crippen LogP contribution is -2.14. The predicted molar refractivity (Wildman–Crippen MR) is 584 cm³/mol. The largest absolute Gasteiger partial charge is 0.309 e. The average molecular weight is 1820 g/mol. The van der Waals surface area contributed by atoms with Crippen LogP contribution in [0.2, 0.25) is 0 Å². The molecule has 3 aliphatic rings. The van der Waals surface area contributed by atoms with Gasteiger partial charge < -0.3 is 4.57 Å². The highest BCUT2D eigenvalue weighted by Crippen LogP contribution is 2.55. The van der Waals surface area contributed by atoms with Crippen LogP contribution in [0.4, 0.5) is 0 Å². The molecule has 3 aliphatic carbocycles. The lowest BCUT2D eigenvalue weighted by atomic mass is 9.82. The second kappa shape index (κ2) is 33.7. The zero-order chi connectivity index (χ0) is 95.1. The molecular formula is C131H93N11. The molecule has 0 fully saturated rings. The Morgan fingerprint density at radius 2 is 0.451 bits per heavy atom. The summed E-state index contributed by atoms with van der Waals surface area (Å²) in [6.07, 6.45) is 0. The van der Waals surface area contributed by atoms with Crippen LogP contribution >= 0.6 is 0 Å². The second-order valence-electron chi connectivity index (χ2n) is 38.9. The molecule has 0 unspecified atom stereocenters. The van der Waals surface area contributed by atoms with Crippen molar-refractivity contribution in [1.82, 2.24) is 53.6 Å². The molecule has 19 aromatic carbocycles. The standard InChI is InChI=1S/C48H34N4.C42H30N4.C41H29N3/c1-48(2)41-22-11-9-20-37(41)39-30-44-40(29-42(39)48)38-21-10-12-23-43(38)52(44)36-19-13-18-35(28-36)47-50-45(33-16-7-4-8-17-33)49-46(51-47)34-26-24-32(25-27-34)31-14-5-3-6-15-31;1-42(2)35-22-11-9-20-31(35)33-26-38-34(25-36(33)42)32-21-10-12-23-37(32)46(38)41-44-39(28-16-7-4-8-17-28)43-40(45-41)30-19-13-18-29(24-30)27-14-5-3-6-15-27;1-41(2)34-17-9-6-14-29(34)32-25-38-33(24-35(32)41)30-15-8-11-19-37(30)44(38)40-42-36-18-10-7-16-31(36)39(43-40)28-22-20-27(21-23-28)26-12-4-3-5-13-26/h3-30H,1-2H3;3-26H,1-2H3;3-25H,1-2H3. The summed E-state index contributed by atoms with van der Waals surface area (Å²) in [5.74, 6) is 4.49. The number of hydrogen-bond acceptors (Lipinski definition) is 8. The quantitative estimate of drug-likeness (QED) is 0.119. The number of benzene rings is 19. The zero-order valence-corrected chi connectivity index (χ0v) is 79.2. The van der Waals surface area contributed by atoms with E-state index in [1.54, 1.807) is 0 Å². The van der Waals surface area contributed by atoms with Gasteiger partial charge in [-0.2, -0.15) is 9.97 Å². The average Bonchev–Trinajstić information content (AvgIpc) is 1.56. The molecule has 28 rings (SSSR count). The van der Waals surface area contributed by atoms with Crippen molar-refractivity contribution in [3.05, 3.63) is 488 Å². The van der Waals surface area contributed by atoms with Gasteiger partial charge in [0.05, 0.1) is 44.3 Å². The Kier molecular flexibility index (Phi) is 20.0. The van der Waals surface area contributed by atoms with E-state index in [9.17, 15) is 0 Å². The molecule has 672 valence electrons. The molecule has 11 heteroatoms. The van der Waals surface area contributed by atoms with Gasteiger partial charge in [0.15, 0.2) is 29.1 Å². The van der Waals surface area contributed by atoms with Crippen LogP contribution in [-0.2, 0) is 16.2 Å². The van der Waals surface area contributed by atoms with E-state index in [-0.39, 0.29) is 16.2 Å². The molecule has 0 radical (unpaired) electrons. The van der Waals surface area contributed by atoms with Gasteiger partial charge in [-0.15, -0.1) is 0 Å². The van der Waals surface area contributed by atoms with Gasteiger partial charge in [-0.25, -0.2) is 29.9 Å². The van der Waals surface area contributed by atoms with Crippen LogP contribution in [0, 0.1) is 0 Å². The van der Waals surface area contributed by atoms with Crippen LogP contribution < -0.4 is 0 Å². The highest BCUT2D eigenvalue weighted by molar-refractivity contribution is 6.15. The summed E-state index contributed by atoms with van der Waals surface area (Å²) in [6, 6.07) is 161. The summed E-state index contributed by atoms with van der Waals surface area (Å²) < 4.78 is 6.87. The topological polar surface area (TPSA) is 118 Å². The van der Waals surface area contributed by atoms with E-state index in [0.29, 0.717) is 41.0 Å². The number of hydrogen-bond donors (Lipinski definition) is 0. The maximum atomic E-state index is 5.33. The third-order valence-electron chi connectivity index (χ3n) is 29.5. The van der Waals surface area contributed by atoms with Crippen molar-refractivity contribution in [2.24, 2.45) is 0 Å². The lowest BCUT2D eigenvalue weighted by Gasteiger charge is -2.21.